The lowest BCUT2D eigenvalue weighted by molar-refractivity contribution is -0.130. The second-order valence-corrected chi connectivity index (χ2v) is 14.1. The average molecular weight is 634 g/mol. The zero-order valence-corrected chi connectivity index (χ0v) is 27.9. The first-order valence-corrected chi connectivity index (χ1v) is 17.7. The highest BCUT2D eigenvalue weighted by molar-refractivity contribution is 8.26. The van der Waals surface area contributed by atoms with Crippen molar-refractivity contribution in [2.24, 2.45) is 5.92 Å². The van der Waals surface area contributed by atoms with Gasteiger partial charge in [-0.15, -0.1) is 0 Å². The lowest BCUT2D eigenvalue weighted by atomic mass is 9.97. The van der Waals surface area contributed by atoms with E-state index in [-0.39, 0.29) is 31.2 Å². The molecule has 45 heavy (non-hydrogen) atoms. The molecule has 1 saturated carbocycles. The van der Waals surface area contributed by atoms with Crippen molar-refractivity contribution in [3.8, 4) is 11.5 Å². The summed E-state index contributed by atoms with van der Waals surface area (Å²) in [5, 5.41) is 20.6. The fourth-order valence-electron chi connectivity index (χ4n) is 6.83. The van der Waals surface area contributed by atoms with Crippen molar-refractivity contribution in [2.75, 3.05) is 19.6 Å². The van der Waals surface area contributed by atoms with E-state index < -0.39 is 0 Å². The van der Waals surface area contributed by atoms with Gasteiger partial charge in [0.25, 0.3) is 5.91 Å². The van der Waals surface area contributed by atoms with Gasteiger partial charge < -0.3 is 19.9 Å². The van der Waals surface area contributed by atoms with Gasteiger partial charge in [-0.1, -0.05) is 57.9 Å². The van der Waals surface area contributed by atoms with Crippen LogP contribution in [0.1, 0.15) is 114 Å². The predicted octanol–water partition coefficient (Wildman–Crippen LogP) is 8.02. The van der Waals surface area contributed by atoms with E-state index in [1.54, 1.807) is 0 Å². The summed E-state index contributed by atoms with van der Waals surface area (Å²) in [7, 11) is 0. The molecule has 244 valence electrons. The van der Waals surface area contributed by atoms with E-state index in [9.17, 15) is 9.59 Å². The molecule has 0 radical (unpaired) electrons. The van der Waals surface area contributed by atoms with Gasteiger partial charge in [-0.25, -0.2) is 0 Å². The van der Waals surface area contributed by atoms with E-state index >= 15 is 0 Å². The topological polar surface area (TPSA) is 110 Å². The number of ether oxygens (including phenoxy) is 1. The quantitative estimate of drug-likeness (QED) is 0.172. The van der Waals surface area contributed by atoms with Crippen LogP contribution in [0.25, 0.3) is 0 Å². The molecule has 1 atom stereocenters. The number of nitrogens with zero attached hydrogens (tertiary/aromatic N) is 2. The maximum Gasteiger partial charge on any atom is 0.251 e. The molecule has 3 N–H and O–H groups in total. The molecule has 3 aliphatic rings. The van der Waals surface area contributed by atoms with Crippen molar-refractivity contribution >= 4 is 33.7 Å². The molecule has 2 aliphatic heterocycles. The Labute approximate surface area is 274 Å². The van der Waals surface area contributed by atoms with Crippen molar-refractivity contribution in [1.29, 1.82) is 10.8 Å². The van der Waals surface area contributed by atoms with Gasteiger partial charge in [0.1, 0.15) is 16.5 Å². The Morgan fingerprint density at radius 3 is 2.31 bits per heavy atom. The van der Waals surface area contributed by atoms with Crippen LogP contribution in [0.5, 0.6) is 11.5 Å². The van der Waals surface area contributed by atoms with Crippen LogP contribution in [-0.2, 0) is 4.79 Å². The Kier molecular flexibility index (Phi) is 11.4. The minimum absolute atomic E-state index is 0. The molecular formula is C36H51N5O3S. The molecule has 2 heterocycles. The van der Waals surface area contributed by atoms with Crippen LogP contribution in [0.4, 0.5) is 0 Å². The van der Waals surface area contributed by atoms with Gasteiger partial charge in [-0.2, -0.15) is 0 Å². The largest absolute Gasteiger partial charge is 0.457 e. The number of rotatable bonds is 11. The molecule has 1 aliphatic carbocycles. The zero-order valence-electron chi connectivity index (χ0n) is 27.1. The first-order chi connectivity index (χ1) is 21.7. The van der Waals surface area contributed by atoms with Gasteiger partial charge in [0, 0.05) is 62.2 Å². The highest BCUT2D eigenvalue weighted by atomic mass is 32.2. The predicted molar refractivity (Wildman–Crippen MR) is 185 cm³/mol. The van der Waals surface area contributed by atoms with Crippen LogP contribution < -0.4 is 10.1 Å². The highest BCUT2D eigenvalue weighted by Crippen LogP contribution is 2.38. The summed E-state index contributed by atoms with van der Waals surface area (Å²) in [5.41, 5.74) is 2.18. The number of likely N-dealkylation sites (tertiary alicyclic amines) is 2. The Balaban J connectivity index is 0.00000480. The van der Waals surface area contributed by atoms with Crippen LogP contribution in [0.2, 0.25) is 0 Å². The van der Waals surface area contributed by atoms with E-state index in [0.29, 0.717) is 33.6 Å². The summed E-state index contributed by atoms with van der Waals surface area (Å²) < 4.78 is 6.49. The van der Waals surface area contributed by atoms with E-state index in [1.807, 2.05) is 61.2 Å². The van der Waals surface area contributed by atoms with Crippen molar-refractivity contribution in [3.63, 3.8) is 0 Å². The summed E-state index contributed by atoms with van der Waals surface area (Å²) in [6.45, 7) is 8.83. The van der Waals surface area contributed by atoms with Gasteiger partial charge in [0.15, 0.2) is 0 Å². The SMILES string of the molecule is CCCC(c1ccc(C(=O)NC2CCN(C3CCCC3)CC2)cc1Oc1ccc(C(=N)SC(=N)C(C)C)cc1)N1CCCC1=O.[HH]. The normalized spacial score (nSPS) is 18.8. The second kappa shape index (κ2) is 15.4. The third-order valence-corrected chi connectivity index (χ3v) is 10.6. The number of carbonyl (C=O) groups is 2. The number of nitrogens with one attached hydrogen (secondary N) is 3. The molecule has 3 fully saturated rings. The Bertz CT molecular complexity index is 1370. The van der Waals surface area contributed by atoms with Crippen LogP contribution in [-0.4, -0.2) is 63.4 Å². The van der Waals surface area contributed by atoms with E-state index in [2.05, 4.69) is 17.1 Å². The van der Waals surface area contributed by atoms with E-state index in [0.717, 1.165) is 80.7 Å². The Hall–Kier alpha value is -3.17. The fourth-order valence-corrected chi connectivity index (χ4v) is 7.54. The molecule has 2 aromatic rings. The highest BCUT2D eigenvalue weighted by Gasteiger charge is 2.32. The standard InChI is InChI=1S/C36H49N5O3S.H2/c1-4-8-31(41-20-7-11-33(41)42)30-17-14-26(36(43)39-27-18-21-40(22-19-27)28-9-5-6-10-28)23-32(30)44-29-15-12-25(13-16-29)35(38)45-34(37)24(2)3;/h12-17,23-24,27-28,31,37-38H,4-11,18-22H2,1-3H3,(H,39,43);1H. The lowest BCUT2D eigenvalue weighted by Crippen LogP contribution is -2.47. The minimum atomic E-state index is -0.122. The summed E-state index contributed by atoms with van der Waals surface area (Å²) in [6.07, 6.45) is 10.4. The smallest absolute Gasteiger partial charge is 0.251 e. The fraction of sp³-hybridized carbons (Fsp3) is 0.556. The molecule has 0 aromatic heterocycles. The lowest BCUT2D eigenvalue weighted by Gasteiger charge is -2.36. The number of thioether (sulfide) groups is 1. The first kappa shape index (κ1) is 33.2. The number of hydrogen-bond donors (Lipinski definition) is 3. The van der Waals surface area contributed by atoms with Crippen molar-refractivity contribution in [2.45, 2.75) is 103 Å². The molecule has 0 spiro atoms. The zero-order chi connectivity index (χ0) is 31.9. The maximum atomic E-state index is 13.5. The first-order valence-electron chi connectivity index (χ1n) is 16.8. The molecular weight excluding hydrogens is 582 g/mol. The molecule has 5 rings (SSSR count). The average Bonchev–Trinajstić information content (AvgIpc) is 3.73. The van der Waals surface area contributed by atoms with E-state index in [4.69, 9.17) is 15.6 Å². The third kappa shape index (κ3) is 8.36. The van der Waals surface area contributed by atoms with E-state index in [1.165, 1.54) is 25.7 Å². The number of hydrogen-bond acceptors (Lipinski definition) is 7. The Morgan fingerprint density at radius 1 is 1.00 bits per heavy atom. The molecule has 2 aromatic carbocycles. The molecule has 1 unspecified atom stereocenters. The molecule has 0 bridgehead atoms. The minimum Gasteiger partial charge on any atom is -0.457 e. The number of benzene rings is 2. The summed E-state index contributed by atoms with van der Waals surface area (Å²) >= 11 is 1.16. The van der Waals surface area contributed by atoms with Crippen molar-refractivity contribution < 1.29 is 15.8 Å². The van der Waals surface area contributed by atoms with Crippen molar-refractivity contribution in [3.05, 3.63) is 59.2 Å². The molecule has 2 amide bonds. The summed E-state index contributed by atoms with van der Waals surface area (Å²) in [5.74, 6) is 1.32. The van der Waals surface area contributed by atoms with Gasteiger partial charge in [-0.3, -0.25) is 20.4 Å². The van der Waals surface area contributed by atoms with Gasteiger partial charge in [0.2, 0.25) is 5.91 Å². The van der Waals surface area contributed by atoms with Crippen LogP contribution in [0.15, 0.2) is 42.5 Å². The summed E-state index contributed by atoms with van der Waals surface area (Å²) in [6, 6.07) is 13.8. The van der Waals surface area contributed by atoms with Crippen LogP contribution in [0.3, 0.4) is 0 Å². The van der Waals surface area contributed by atoms with Crippen LogP contribution in [0, 0.1) is 16.7 Å². The van der Waals surface area contributed by atoms with Crippen LogP contribution >= 0.6 is 11.8 Å². The molecule has 2 saturated heterocycles. The number of piperidine rings is 1. The monoisotopic (exact) mass is 633 g/mol. The van der Waals surface area contributed by atoms with Crippen molar-refractivity contribution in [1.82, 2.24) is 15.1 Å². The third-order valence-electron chi connectivity index (χ3n) is 9.47. The van der Waals surface area contributed by atoms with Gasteiger partial charge in [0.05, 0.1) is 11.1 Å². The number of carbonyl (C=O) groups excluding carboxylic acids is 2. The van der Waals surface area contributed by atoms with Gasteiger partial charge >= 0.3 is 0 Å². The number of amides is 2. The molecule has 9 heteroatoms. The molecule has 8 nitrogen and oxygen atoms in total. The maximum absolute atomic E-state index is 13.5. The van der Waals surface area contributed by atoms with Gasteiger partial charge in [-0.05, 0) is 74.9 Å². The second-order valence-electron chi connectivity index (χ2n) is 13.0. The summed E-state index contributed by atoms with van der Waals surface area (Å²) in [4.78, 5) is 31.0. The Morgan fingerprint density at radius 2 is 1.69 bits per heavy atom.